The molecule has 152 valence electrons. The van der Waals surface area contributed by atoms with Gasteiger partial charge in [0, 0.05) is 37.0 Å². The number of esters is 1. The van der Waals surface area contributed by atoms with E-state index in [1.165, 1.54) is 6.07 Å². The van der Waals surface area contributed by atoms with E-state index in [2.05, 4.69) is 6.58 Å². The molecule has 0 spiro atoms. The maximum absolute atomic E-state index is 11.8. The molecule has 7 nitrogen and oxygen atoms in total. The normalized spacial score (nSPS) is 11.4. The molecule has 0 aliphatic heterocycles. The van der Waals surface area contributed by atoms with Crippen LogP contribution in [0.2, 0.25) is 0 Å². The largest absolute Gasteiger partial charge is 0.492 e. The Morgan fingerprint density at radius 1 is 1.04 bits per heavy atom. The Bertz CT molecular complexity index is 935. The van der Waals surface area contributed by atoms with E-state index in [4.69, 9.17) is 14.2 Å². The van der Waals surface area contributed by atoms with E-state index >= 15 is 0 Å². The summed E-state index contributed by atoms with van der Waals surface area (Å²) < 4.78 is 49.1. The molecule has 0 atom stereocenters. The first kappa shape index (κ1) is 21.9. The van der Waals surface area contributed by atoms with Gasteiger partial charge in [-0.2, -0.15) is 8.42 Å². The van der Waals surface area contributed by atoms with Crippen molar-refractivity contribution in [1.29, 1.82) is 0 Å². The lowest BCUT2D eigenvalue weighted by Gasteiger charge is -2.12. The van der Waals surface area contributed by atoms with Crippen LogP contribution in [0.15, 0.2) is 53.4 Å². The third-order valence-corrected chi connectivity index (χ3v) is 4.74. The van der Waals surface area contributed by atoms with Crippen LogP contribution < -0.4 is 4.74 Å². The van der Waals surface area contributed by atoms with Gasteiger partial charge in [-0.1, -0.05) is 36.9 Å². The predicted octanol–water partition coefficient (Wildman–Crippen LogP) is 3.38. The maximum Gasteiger partial charge on any atom is 0.333 e. The van der Waals surface area contributed by atoms with Crippen molar-refractivity contribution in [3.63, 3.8) is 0 Å². The zero-order chi connectivity index (χ0) is 20.6. The summed E-state index contributed by atoms with van der Waals surface area (Å²) in [4.78, 5) is 11.0. The monoisotopic (exact) mass is 408 g/mol. The van der Waals surface area contributed by atoms with Crippen molar-refractivity contribution < 1.29 is 32.0 Å². The first-order chi connectivity index (χ1) is 13.3. The number of carbonyl (C=O) groups is 1. The van der Waals surface area contributed by atoms with Gasteiger partial charge in [0.1, 0.15) is 10.6 Å². The highest BCUT2D eigenvalue weighted by Gasteiger charge is 2.20. The van der Waals surface area contributed by atoms with Gasteiger partial charge in [0.25, 0.3) is 10.1 Å². The van der Waals surface area contributed by atoms with Crippen LogP contribution in [0.25, 0.3) is 10.8 Å². The van der Waals surface area contributed by atoms with E-state index in [0.29, 0.717) is 42.4 Å². The molecular weight excluding hydrogens is 384 g/mol. The van der Waals surface area contributed by atoms with E-state index < -0.39 is 16.1 Å². The molecule has 0 heterocycles. The summed E-state index contributed by atoms with van der Waals surface area (Å²) in [6.07, 6.45) is 1.10. The average molecular weight is 408 g/mol. The SMILES string of the molecule is C=C(C)C(=O)OCCCOCCCOc1ccc2ccccc2c1S(=O)(=O)O. The van der Waals surface area contributed by atoms with Gasteiger partial charge in [0.05, 0.1) is 13.2 Å². The smallest absolute Gasteiger partial charge is 0.333 e. The van der Waals surface area contributed by atoms with Crippen LogP contribution >= 0.6 is 0 Å². The highest BCUT2D eigenvalue weighted by atomic mass is 32.2. The van der Waals surface area contributed by atoms with E-state index in [9.17, 15) is 17.8 Å². The molecule has 0 radical (unpaired) electrons. The van der Waals surface area contributed by atoms with Gasteiger partial charge >= 0.3 is 5.97 Å². The second kappa shape index (κ2) is 10.2. The minimum atomic E-state index is -4.43. The fourth-order valence-corrected chi connectivity index (χ4v) is 3.34. The molecule has 0 aliphatic rings. The lowest BCUT2D eigenvalue weighted by molar-refractivity contribution is -0.139. The van der Waals surface area contributed by atoms with Crippen LogP contribution in [0.5, 0.6) is 5.75 Å². The Morgan fingerprint density at radius 3 is 2.39 bits per heavy atom. The molecule has 2 aromatic carbocycles. The van der Waals surface area contributed by atoms with E-state index in [-0.39, 0.29) is 23.9 Å². The minimum Gasteiger partial charge on any atom is -0.492 e. The van der Waals surface area contributed by atoms with Crippen LogP contribution in [-0.4, -0.2) is 45.4 Å². The topological polar surface area (TPSA) is 99.1 Å². The standard InChI is InChI=1S/C20H24O7S/c1-15(2)20(21)27-14-6-12-25-11-5-13-26-18-10-9-16-7-3-4-8-17(16)19(18)28(22,23)24/h3-4,7-10H,1,5-6,11-14H2,2H3,(H,22,23,24). The second-order valence-corrected chi connectivity index (χ2v) is 7.53. The Kier molecular flexibility index (Phi) is 7.98. The number of carbonyl (C=O) groups excluding carboxylic acids is 1. The molecule has 0 aromatic heterocycles. The van der Waals surface area contributed by atoms with Gasteiger partial charge in [-0.05, 0) is 18.4 Å². The van der Waals surface area contributed by atoms with E-state index in [0.717, 1.165) is 0 Å². The highest BCUT2D eigenvalue weighted by Crippen LogP contribution is 2.32. The molecule has 28 heavy (non-hydrogen) atoms. The van der Waals surface area contributed by atoms with E-state index in [1.54, 1.807) is 37.3 Å². The van der Waals surface area contributed by atoms with Gasteiger partial charge < -0.3 is 14.2 Å². The van der Waals surface area contributed by atoms with Crippen LogP contribution in [0.3, 0.4) is 0 Å². The number of hydrogen-bond acceptors (Lipinski definition) is 6. The first-order valence-corrected chi connectivity index (χ1v) is 10.3. The summed E-state index contributed by atoms with van der Waals surface area (Å²) in [6.45, 7) is 6.40. The van der Waals surface area contributed by atoms with Crippen LogP contribution in [0, 0.1) is 0 Å². The summed E-state index contributed by atoms with van der Waals surface area (Å²) in [7, 11) is -4.43. The Hall–Kier alpha value is -2.42. The lowest BCUT2D eigenvalue weighted by atomic mass is 10.1. The van der Waals surface area contributed by atoms with Crippen molar-refractivity contribution in [2.75, 3.05) is 26.4 Å². The zero-order valence-corrected chi connectivity index (χ0v) is 16.5. The molecule has 8 heteroatoms. The van der Waals surface area contributed by atoms with Crippen molar-refractivity contribution in [2.24, 2.45) is 0 Å². The highest BCUT2D eigenvalue weighted by molar-refractivity contribution is 7.86. The van der Waals surface area contributed by atoms with Crippen molar-refractivity contribution in [1.82, 2.24) is 0 Å². The molecule has 0 fully saturated rings. The molecule has 2 rings (SSSR count). The third-order valence-electron chi connectivity index (χ3n) is 3.81. The van der Waals surface area contributed by atoms with Crippen molar-refractivity contribution in [2.45, 2.75) is 24.7 Å². The number of hydrogen-bond donors (Lipinski definition) is 1. The minimum absolute atomic E-state index is 0.105. The second-order valence-electron chi connectivity index (χ2n) is 6.17. The molecule has 0 unspecified atom stereocenters. The summed E-state index contributed by atoms with van der Waals surface area (Å²) >= 11 is 0. The molecule has 1 N–H and O–H groups in total. The van der Waals surface area contributed by atoms with Gasteiger partial charge in [0.15, 0.2) is 0 Å². The number of ether oxygens (including phenoxy) is 3. The Morgan fingerprint density at radius 2 is 1.71 bits per heavy atom. The molecule has 0 saturated heterocycles. The summed E-state index contributed by atoms with van der Waals surface area (Å²) in [5.41, 5.74) is 0.357. The predicted molar refractivity (Wildman–Crippen MR) is 105 cm³/mol. The maximum atomic E-state index is 11.8. The number of rotatable bonds is 11. The molecular formula is C20H24O7S. The average Bonchev–Trinajstić information content (AvgIpc) is 2.65. The molecule has 0 aliphatic carbocycles. The Balaban J connectivity index is 1.79. The fraction of sp³-hybridized carbons (Fsp3) is 0.350. The van der Waals surface area contributed by atoms with Crippen molar-refractivity contribution >= 4 is 26.9 Å². The van der Waals surface area contributed by atoms with Crippen molar-refractivity contribution in [3.8, 4) is 5.75 Å². The Labute approximate surface area is 164 Å². The van der Waals surface area contributed by atoms with Gasteiger partial charge in [-0.3, -0.25) is 4.55 Å². The third kappa shape index (κ3) is 6.33. The van der Waals surface area contributed by atoms with E-state index in [1.807, 2.05) is 0 Å². The molecule has 0 amide bonds. The van der Waals surface area contributed by atoms with Crippen molar-refractivity contribution in [3.05, 3.63) is 48.6 Å². The van der Waals surface area contributed by atoms with Gasteiger partial charge in [-0.15, -0.1) is 0 Å². The van der Waals surface area contributed by atoms with Crippen LogP contribution in [0.1, 0.15) is 19.8 Å². The lowest BCUT2D eigenvalue weighted by Crippen LogP contribution is -2.10. The molecule has 2 aromatic rings. The quantitative estimate of drug-likeness (QED) is 0.263. The number of fused-ring (bicyclic) bond motifs is 1. The first-order valence-electron chi connectivity index (χ1n) is 8.83. The summed E-state index contributed by atoms with van der Waals surface area (Å²) in [5, 5.41) is 1.10. The zero-order valence-electron chi connectivity index (χ0n) is 15.7. The van der Waals surface area contributed by atoms with Gasteiger partial charge in [-0.25, -0.2) is 4.79 Å². The molecule has 0 saturated carbocycles. The van der Waals surface area contributed by atoms with Gasteiger partial charge in [0.2, 0.25) is 0 Å². The summed E-state index contributed by atoms with van der Waals surface area (Å²) in [6, 6.07) is 10.1. The fourth-order valence-electron chi connectivity index (χ4n) is 2.50. The summed E-state index contributed by atoms with van der Waals surface area (Å²) in [5.74, 6) is -0.314. The molecule has 0 bridgehead atoms. The number of benzene rings is 2. The van der Waals surface area contributed by atoms with Crippen LogP contribution in [0.4, 0.5) is 0 Å². The van der Waals surface area contributed by atoms with Crippen LogP contribution in [-0.2, 0) is 24.4 Å².